The zero-order chi connectivity index (χ0) is 14.0. The van der Waals surface area contributed by atoms with Gasteiger partial charge < -0.3 is 18.9 Å². The summed E-state index contributed by atoms with van der Waals surface area (Å²) in [5, 5.41) is 0. The molecule has 19 heavy (non-hydrogen) atoms. The molecule has 0 aromatic rings. The van der Waals surface area contributed by atoms with Crippen LogP contribution in [0.15, 0.2) is 0 Å². The van der Waals surface area contributed by atoms with Crippen LogP contribution in [0.2, 0.25) is 0 Å². The van der Waals surface area contributed by atoms with Gasteiger partial charge in [-0.15, -0.1) is 0 Å². The SMILES string of the molecule is COC1CC([C@@H]2CC(C)(C)CO2)CC(OC)C1OC. The Morgan fingerprint density at radius 2 is 1.53 bits per heavy atom. The summed E-state index contributed by atoms with van der Waals surface area (Å²) in [7, 11) is 5.24. The van der Waals surface area contributed by atoms with Crippen LogP contribution in [-0.4, -0.2) is 52.4 Å². The monoisotopic (exact) mass is 272 g/mol. The van der Waals surface area contributed by atoms with E-state index in [0.29, 0.717) is 17.4 Å². The molecule has 1 saturated carbocycles. The molecule has 2 fully saturated rings. The summed E-state index contributed by atoms with van der Waals surface area (Å²) in [4.78, 5) is 0. The van der Waals surface area contributed by atoms with Crippen molar-refractivity contribution in [2.75, 3.05) is 27.9 Å². The van der Waals surface area contributed by atoms with Gasteiger partial charge in [-0.1, -0.05) is 13.8 Å². The average molecular weight is 272 g/mol. The minimum atomic E-state index is 0.0284. The number of ether oxygens (including phenoxy) is 4. The Kier molecular flexibility index (Phi) is 4.88. The van der Waals surface area contributed by atoms with Gasteiger partial charge in [0.05, 0.1) is 24.9 Å². The second kappa shape index (κ2) is 6.08. The molecule has 0 bridgehead atoms. The summed E-state index contributed by atoms with van der Waals surface area (Å²) >= 11 is 0. The van der Waals surface area contributed by atoms with Crippen molar-refractivity contribution in [2.45, 2.75) is 57.5 Å². The Bertz CT molecular complexity index is 278. The molecule has 3 atom stereocenters. The Balaban J connectivity index is 2.03. The van der Waals surface area contributed by atoms with Gasteiger partial charge in [-0.25, -0.2) is 0 Å². The Labute approximate surface area is 116 Å². The summed E-state index contributed by atoms with van der Waals surface area (Å²) in [5.74, 6) is 0.503. The lowest BCUT2D eigenvalue weighted by atomic mass is 9.77. The van der Waals surface area contributed by atoms with Crippen molar-refractivity contribution in [2.24, 2.45) is 11.3 Å². The standard InChI is InChI=1S/C15H28O4/c1-15(2)8-13(19-9-15)10-6-11(16-3)14(18-5)12(7-10)17-4/h10-14H,6-9H2,1-5H3/t10?,11?,12?,13-,14?/m0/s1. The average Bonchev–Trinajstić information content (AvgIpc) is 2.77. The van der Waals surface area contributed by atoms with Crippen molar-refractivity contribution in [3.63, 3.8) is 0 Å². The van der Waals surface area contributed by atoms with Crippen molar-refractivity contribution in [1.29, 1.82) is 0 Å². The van der Waals surface area contributed by atoms with E-state index in [9.17, 15) is 0 Å². The summed E-state index contributed by atoms with van der Waals surface area (Å²) < 4.78 is 22.8. The predicted molar refractivity (Wildman–Crippen MR) is 73.3 cm³/mol. The second-order valence-electron chi connectivity index (χ2n) is 6.70. The molecule has 2 unspecified atom stereocenters. The highest BCUT2D eigenvalue weighted by atomic mass is 16.6. The van der Waals surface area contributed by atoms with Gasteiger partial charge in [0.25, 0.3) is 0 Å². The van der Waals surface area contributed by atoms with E-state index >= 15 is 0 Å². The van der Waals surface area contributed by atoms with Crippen LogP contribution in [0.1, 0.15) is 33.1 Å². The van der Waals surface area contributed by atoms with Crippen molar-refractivity contribution < 1.29 is 18.9 Å². The van der Waals surface area contributed by atoms with E-state index in [4.69, 9.17) is 18.9 Å². The third-order valence-electron chi connectivity index (χ3n) is 4.65. The van der Waals surface area contributed by atoms with Crippen molar-refractivity contribution in [1.82, 2.24) is 0 Å². The number of methoxy groups -OCH3 is 3. The van der Waals surface area contributed by atoms with Gasteiger partial charge in [-0.2, -0.15) is 0 Å². The first-order valence-electron chi connectivity index (χ1n) is 7.20. The molecule has 0 N–H and O–H groups in total. The van der Waals surface area contributed by atoms with Crippen LogP contribution in [-0.2, 0) is 18.9 Å². The highest BCUT2D eigenvalue weighted by Crippen LogP contribution is 2.41. The van der Waals surface area contributed by atoms with Crippen molar-refractivity contribution >= 4 is 0 Å². The van der Waals surface area contributed by atoms with Crippen LogP contribution in [0.4, 0.5) is 0 Å². The van der Waals surface area contributed by atoms with Crippen molar-refractivity contribution in [3.8, 4) is 0 Å². The maximum Gasteiger partial charge on any atom is 0.109 e. The van der Waals surface area contributed by atoms with E-state index in [0.717, 1.165) is 25.9 Å². The van der Waals surface area contributed by atoms with E-state index in [1.54, 1.807) is 21.3 Å². The number of hydrogen-bond acceptors (Lipinski definition) is 4. The first kappa shape index (κ1) is 15.2. The minimum Gasteiger partial charge on any atom is -0.379 e. The fraction of sp³-hybridized carbons (Fsp3) is 1.00. The molecule has 0 amide bonds. The van der Waals surface area contributed by atoms with Gasteiger partial charge in [-0.3, -0.25) is 0 Å². The van der Waals surface area contributed by atoms with Crippen LogP contribution in [0.5, 0.6) is 0 Å². The zero-order valence-electron chi connectivity index (χ0n) is 12.8. The molecule has 4 heteroatoms. The largest absolute Gasteiger partial charge is 0.379 e. The fourth-order valence-electron chi connectivity index (χ4n) is 3.57. The lowest BCUT2D eigenvalue weighted by Gasteiger charge is -2.41. The van der Waals surface area contributed by atoms with Gasteiger partial charge in [0, 0.05) is 21.3 Å². The number of hydrogen-bond donors (Lipinski definition) is 0. The summed E-state index contributed by atoms with van der Waals surface area (Å²) in [6, 6.07) is 0. The van der Waals surface area contributed by atoms with Crippen LogP contribution < -0.4 is 0 Å². The molecule has 1 heterocycles. The molecule has 112 valence electrons. The predicted octanol–water partition coefficient (Wildman–Crippen LogP) is 2.26. The van der Waals surface area contributed by atoms with E-state index in [1.165, 1.54) is 0 Å². The third kappa shape index (κ3) is 3.30. The van der Waals surface area contributed by atoms with Crippen molar-refractivity contribution in [3.05, 3.63) is 0 Å². The van der Waals surface area contributed by atoms with Gasteiger partial charge in [-0.05, 0) is 30.6 Å². The molecular weight excluding hydrogens is 244 g/mol. The highest BCUT2D eigenvalue weighted by Gasteiger charge is 2.44. The highest BCUT2D eigenvalue weighted by molar-refractivity contribution is 4.94. The van der Waals surface area contributed by atoms with E-state index < -0.39 is 0 Å². The lowest BCUT2D eigenvalue weighted by Crippen LogP contribution is -2.49. The normalized spacial score (nSPS) is 42.5. The summed E-state index contributed by atoms with van der Waals surface area (Å²) in [6.07, 6.45) is 3.68. The first-order valence-corrected chi connectivity index (χ1v) is 7.20. The van der Waals surface area contributed by atoms with Crippen LogP contribution in [0.3, 0.4) is 0 Å². The minimum absolute atomic E-state index is 0.0284. The molecule has 2 rings (SSSR count). The summed E-state index contributed by atoms with van der Waals surface area (Å²) in [5.41, 5.74) is 0.300. The smallest absolute Gasteiger partial charge is 0.109 e. The Morgan fingerprint density at radius 1 is 0.947 bits per heavy atom. The fourth-order valence-corrected chi connectivity index (χ4v) is 3.57. The molecule has 0 aromatic heterocycles. The molecule has 2 aliphatic rings. The summed E-state index contributed by atoms with van der Waals surface area (Å²) in [6.45, 7) is 5.40. The van der Waals surface area contributed by atoms with Gasteiger partial charge in [0.15, 0.2) is 0 Å². The number of rotatable bonds is 4. The molecule has 1 aliphatic heterocycles. The molecular formula is C15H28O4. The van der Waals surface area contributed by atoms with E-state index in [2.05, 4.69) is 13.8 Å². The van der Waals surface area contributed by atoms with Crippen LogP contribution in [0.25, 0.3) is 0 Å². The maximum atomic E-state index is 6.01. The van der Waals surface area contributed by atoms with Gasteiger partial charge in [0.1, 0.15) is 6.10 Å². The lowest BCUT2D eigenvalue weighted by molar-refractivity contribution is -0.152. The van der Waals surface area contributed by atoms with E-state index in [1.807, 2.05) is 0 Å². The maximum absolute atomic E-state index is 6.01. The Hall–Kier alpha value is -0.160. The molecule has 0 radical (unpaired) electrons. The molecule has 1 saturated heterocycles. The van der Waals surface area contributed by atoms with Crippen LogP contribution >= 0.6 is 0 Å². The Morgan fingerprint density at radius 3 is 1.89 bits per heavy atom. The quantitative estimate of drug-likeness (QED) is 0.786. The molecule has 1 aliphatic carbocycles. The van der Waals surface area contributed by atoms with Gasteiger partial charge >= 0.3 is 0 Å². The van der Waals surface area contributed by atoms with Gasteiger partial charge in [0.2, 0.25) is 0 Å². The topological polar surface area (TPSA) is 36.9 Å². The molecule has 0 spiro atoms. The third-order valence-corrected chi connectivity index (χ3v) is 4.65. The first-order chi connectivity index (χ1) is 9.00. The molecule has 4 nitrogen and oxygen atoms in total. The molecule has 0 aromatic carbocycles. The van der Waals surface area contributed by atoms with Crippen LogP contribution in [0, 0.1) is 11.3 Å². The van der Waals surface area contributed by atoms with E-state index in [-0.39, 0.29) is 18.3 Å². The second-order valence-corrected chi connectivity index (χ2v) is 6.70. The zero-order valence-corrected chi connectivity index (χ0v) is 12.8.